The molecular weight excluding hydrogens is 321 g/mol. The molecule has 1 aromatic rings. The van der Waals surface area contributed by atoms with Crippen LogP contribution in [0.25, 0.3) is 0 Å². The first-order valence-corrected chi connectivity index (χ1v) is 7.23. The van der Waals surface area contributed by atoms with E-state index in [-0.39, 0.29) is 5.82 Å². The molecule has 1 aliphatic carbocycles. The predicted octanol–water partition coefficient (Wildman–Crippen LogP) is 4.86. The molecule has 1 fully saturated rings. The van der Waals surface area contributed by atoms with Gasteiger partial charge in [0.05, 0.1) is 5.56 Å². The van der Waals surface area contributed by atoms with Gasteiger partial charge in [0.2, 0.25) is 0 Å². The van der Waals surface area contributed by atoms with Crippen molar-refractivity contribution in [2.75, 3.05) is 11.9 Å². The van der Waals surface area contributed by atoms with Crippen molar-refractivity contribution < 1.29 is 13.2 Å². The molecular formula is C13H16BrF3N2. The predicted molar refractivity (Wildman–Crippen MR) is 72.0 cm³/mol. The first kappa shape index (κ1) is 14.6. The van der Waals surface area contributed by atoms with E-state index in [1.807, 2.05) is 0 Å². The van der Waals surface area contributed by atoms with Crippen LogP contribution in [-0.2, 0) is 6.18 Å². The number of nitrogens with one attached hydrogen (secondary N) is 1. The van der Waals surface area contributed by atoms with Gasteiger partial charge in [-0.15, -0.1) is 0 Å². The largest absolute Gasteiger partial charge is 0.419 e. The topological polar surface area (TPSA) is 24.9 Å². The summed E-state index contributed by atoms with van der Waals surface area (Å²) >= 11 is 3.02. The molecule has 2 rings (SSSR count). The second-order valence-corrected chi connectivity index (χ2v) is 5.83. The fourth-order valence-corrected chi connectivity index (χ4v) is 2.82. The maximum Gasteiger partial charge on any atom is 0.419 e. The Morgan fingerprint density at radius 3 is 2.63 bits per heavy atom. The summed E-state index contributed by atoms with van der Waals surface area (Å²) in [6, 6.07) is 1.06. The van der Waals surface area contributed by atoms with E-state index < -0.39 is 11.7 Å². The Kier molecular flexibility index (Phi) is 4.71. The molecule has 0 amide bonds. The number of alkyl halides is 3. The van der Waals surface area contributed by atoms with E-state index in [0.29, 0.717) is 16.9 Å². The number of hydrogen-bond acceptors (Lipinski definition) is 2. The number of nitrogens with zero attached hydrogens (tertiary/aromatic N) is 1. The Morgan fingerprint density at radius 2 is 2.00 bits per heavy atom. The van der Waals surface area contributed by atoms with Gasteiger partial charge in [-0.05, 0) is 34.3 Å². The summed E-state index contributed by atoms with van der Waals surface area (Å²) in [5.74, 6) is 0.575. The van der Waals surface area contributed by atoms with Crippen LogP contribution in [0.3, 0.4) is 0 Å². The number of aromatic nitrogens is 1. The third-order valence-electron chi connectivity index (χ3n) is 3.48. The normalized spacial score (nSPS) is 16.8. The Bertz CT molecular complexity index is 428. The molecule has 0 unspecified atom stereocenters. The van der Waals surface area contributed by atoms with Crippen molar-refractivity contribution in [3.05, 3.63) is 22.3 Å². The molecule has 1 aliphatic rings. The Hall–Kier alpha value is -0.780. The molecule has 1 aromatic heterocycles. The second kappa shape index (κ2) is 6.11. The van der Waals surface area contributed by atoms with Crippen molar-refractivity contribution >= 4 is 21.7 Å². The summed E-state index contributed by atoms with van der Waals surface area (Å²) in [6.45, 7) is 0.544. The molecule has 0 aromatic carbocycles. The van der Waals surface area contributed by atoms with Gasteiger partial charge < -0.3 is 5.32 Å². The highest BCUT2D eigenvalue weighted by Gasteiger charge is 2.34. The first-order chi connectivity index (χ1) is 8.97. The number of hydrogen-bond donors (Lipinski definition) is 1. The molecule has 0 radical (unpaired) electrons. The first-order valence-electron chi connectivity index (χ1n) is 6.43. The van der Waals surface area contributed by atoms with Crippen LogP contribution < -0.4 is 5.32 Å². The van der Waals surface area contributed by atoms with E-state index in [0.717, 1.165) is 12.5 Å². The van der Waals surface area contributed by atoms with Gasteiger partial charge in [0.25, 0.3) is 0 Å². The Balaban J connectivity index is 1.98. The van der Waals surface area contributed by atoms with E-state index in [4.69, 9.17) is 0 Å². The lowest BCUT2D eigenvalue weighted by atomic mass is 10.0. The lowest BCUT2D eigenvalue weighted by Crippen LogP contribution is -2.14. The van der Waals surface area contributed by atoms with Gasteiger partial charge in [-0.1, -0.05) is 25.7 Å². The monoisotopic (exact) mass is 336 g/mol. The number of anilines is 1. The SMILES string of the molecule is FC(F)(F)c1cc(Br)cnc1NCCC1CCCC1. The van der Waals surface area contributed by atoms with Crippen LogP contribution >= 0.6 is 15.9 Å². The fraction of sp³-hybridized carbons (Fsp3) is 0.615. The summed E-state index contributed by atoms with van der Waals surface area (Å²) in [5.41, 5.74) is -0.715. The van der Waals surface area contributed by atoms with Gasteiger partial charge in [-0.25, -0.2) is 4.98 Å². The van der Waals surface area contributed by atoms with Crippen LogP contribution in [0.1, 0.15) is 37.7 Å². The molecule has 1 heterocycles. The smallest absolute Gasteiger partial charge is 0.370 e. The molecule has 0 aliphatic heterocycles. The summed E-state index contributed by atoms with van der Waals surface area (Å²) in [6.07, 6.45) is 2.79. The number of pyridine rings is 1. The molecule has 1 saturated carbocycles. The molecule has 0 bridgehead atoms. The lowest BCUT2D eigenvalue weighted by Gasteiger charge is -2.15. The van der Waals surface area contributed by atoms with Crippen molar-refractivity contribution in [3.8, 4) is 0 Å². The van der Waals surface area contributed by atoms with E-state index in [1.54, 1.807) is 0 Å². The van der Waals surface area contributed by atoms with Crippen LogP contribution in [-0.4, -0.2) is 11.5 Å². The summed E-state index contributed by atoms with van der Waals surface area (Å²) in [7, 11) is 0. The van der Waals surface area contributed by atoms with Crippen molar-refractivity contribution in [2.24, 2.45) is 5.92 Å². The van der Waals surface area contributed by atoms with Gasteiger partial charge in [0, 0.05) is 17.2 Å². The van der Waals surface area contributed by atoms with E-state index in [1.165, 1.54) is 31.9 Å². The lowest BCUT2D eigenvalue weighted by molar-refractivity contribution is -0.137. The van der Waals surface area contributed by atoms with Gasteiger partial charge in [-0.3, -0.25) is 0 Å². The quantitative estimate of drug-likeness (QED) is 0.849. The van der Waals surface area contributed by atoms with Crippen molar-refractivity contribution in [2.45, 2.75) is 38.3 Å². The molecule has 19 heavy (non-hydrogen) atoms. The third kappa shape index (κ3) is 4.09. The average molecular weight is 337 g/mol. The highest BCUT2D eigenvalue weighted by Crippen LogP contribution is 2.35. The maximum atomic E-state index is 12.9. The highest BCUT2D eigenvalue weighted by molar-refractivity contribution is 9.10. The van der Waals surface area contributed by atoms with Crippen LogP contribution in [0, 0.1) is 5.92 Å². The fourth-order valence-electron chi connectivity index (χ4n) is 2.49. The van der Waals surface area contributed by atoms with Crippen molar-refractivity contribution in [3.63, 3.8) is 0 Å². The Labute approximate surface area is 118 Å². The van der Waals surface area contributed by atoms with Crippen molar-refractivity contribution in [1.82, 2.24) is 4.98 Å². The van der Waals surface area contributed by atoms with Crippen molar-refractivity contribution in [1.29, 1.82) is 0 Å². The summed E-state index contributed by atoms with van der Waals surface area (Å²) in [4.78, 5) is 3.83. The molecule has 0 spiro atoms. The zero-order chi connectivity index (χ0) is 13.9. The Morgan fingerprint density at radius 1 is 1.32 bits per heavy atom. The highest BCUT2D eigenvalue weighted by atomic mass is 79.9. The van der Waals surface area contributed by atoms with Gasteiger partial charge in [0.1, 0.15) is 5.82 Å². The minimum absolute atomic E-state index is 0.0753. The van der Waals surface area contributed by atoms with E-state index in [9.17, 15) is 13.2 Å². The summed E-state index contributed by atoms with van der Waals surface area (Å²) in [5, 5.41) is 2.82. The van der Waals surface area contributed by atoms with Crippen LogP contribution in [0.4, 0.5) is 19.0 Å². The van der Waals surface area contributed by atoms with Crippen LogP contribution in [0.5, 0.6) is 0 Å². The zero-order valence-electron chi connectivity index (χ0n) is 10.4. The second-order valence-electron chi connectivity index (χ2n) is 4.91. The number of halogens is 4. The molecule has 0 atom stereocenters. The van der Waals surface area contributed by atoms with Gasteiger partial charge in [-0.2, -0.15) is 13.2 Å². The average Bonchev–Trinajstić information content (AvgIpc) is 2.83. The van der Waals surface area contributed by atoms with Gasteiger partial charge >= 0.3 is 6.18 Å². The summed E-state index contributed by atoms with van der Waals surface area (Å²) < 4.78 is 38.9. The molecule has 6 heteroatoms. The molecule has 1 N–H and O–H groups in total. The minimum Gasteiger partial charge on any atom is -0.370 e. The zero-order valence-corrected chi connectivity index (χ0v) is 12.0. The number of rotatable bonds is 4. The minimum atomic E-state index is -4.38. The van der Waals surface area contributed by atoms with E-state index >= 15 is 0 Å². The van der Waals surface area contributed by atoms with Gasteiger partial charge in [0.15, 0.2) is 0 Å². The van der Waals surface area contributed by atoms with Crippen LogP contribution in [0.15, 0.2) is 16.7 Å². The molecule has 2 nitrogen and oxygen atoms in total. The molecule has 106 valence electrons. The molecule has 0 saturated heterocycles. The maximum absolute atomic E-state index is 12.9. The van der Waals surface area contributed by atoms with E-state index in [2.05, 4.69) is 26.2 Å². The standard InChI is InChI=1S/C13H16BrF3N2/c14-10-7-11(13(15,16)17)12(19-8-10)18-6-5-9-3-1-2-4-9/h7-9H,1-6H2,(H,18,19). The third-order valence-corrected chi connectivity index (χ3v) is 3.91. The van der Waals surface area contributed by atoms with Crippen LogP contribution in [0.2, 0.25) is 0 Å².